The summed E-state index contributed by atoms with van der Waals surface area (Å²) in [6.07, 6.45) is 0.0790. The summed E-state index contributed by atoms with van der Waals surface area (Å²) in [5.74, 6) is -2.11. The lowest BCUT2D eigenvalue weighted by molar-refractivity contribution is -0.159. The molecule has 1 amide bonds. The Morgan fingerprint density at radius 2 is 1.92 bits per heavy atom. The predicted molar refractivity (Wildman–Crippen MR) is 43.2 cm³/mol. The summed E-state index contributed by atoms with van der Waals surface area (Å²) >= 11 is 0. The van der Waals surface area contributed by atoms with Gasteiger partial charge in [-0.3, -0.25) is 9.59 Å². The highest BCUT2D eigenvalue weighted by Crippen LogP contribution is 1.96. The molecule has 0 bridgehead atoms. The van der Waals surface area contributed by atoms with Crippen molar-refractivity contribution in [3.63, 3.8) is 0 Å². The molecule has 0 rings (SSSR count). The largest absolute Gasteiger partial charge is 0.392 e. The first-order valence-corrected chi connectivity index (χ1v) is 3.69. The Labute approximate surface area is 75.2 Å². The van der Waals surface area contributed by atoms with Crippen LogP contribution in [0.5, 0.6) is 0 Å². The summed E-state index contributed by atoms with van der Waals surface area (Å²) in [6.45, 7) is 1.10. The fourth-order valence-corrected chi connectivity index (χ4v) is 0.633. The van der Waals surface area contributed by atoms with Crippen LogP contribution in [0.2, 0.25) is 0 Å². The van der Waals surface area contributed by atoms with Gasteiger partial charge in [-0.2, -0.15) is 0 Å². The number of amides is 1. The van der Waals surface area contributed by atoms with Gasteiger partial charge in [0, 0.05) is 13.3 Å². The molecule has 0 fully saturated rings. The maximum Gasteiger partial charge on any atom is 0.330 e. The molecule has 0 saturated carbocycles. The Balaban J connectivity index is 3.82. The van der Waals surface area contributed by atoms with Crippen molar-refractivity contribution in [3.8, 4) is 0 Å². The van der Waals surface area contributed by atoms with Crippen molar-refractivity contribution in [1.82, 2.24) is 0 Å². The summed E-state index contributed by atoms with van der Waals surface area (Å²) in [4.78, 5) is 31.4. The van der Waals surface area contributed by atoms with Crippen LogP contribution in [0.3, 0.4) is 0 Å². The predicted octanol–water partition coefficient (Wildman–Crippen LogP) is -1.33. The molecule has 0 aliphatic carbocycles. The van der Waals surface area contributed by atoms with Gasteiger partial charge in [0.05, 0.1) is 0 Å². The molecule has 4 N–H and O–H groups in total. The van der Waals surface area contributed by atoms with Crippen LogP contribution < -0.4 is 11.5 Å². The minimum Gasteiger partial charge on any atom is -0.392 e. The highest BCUT2D eigenvalue weighted by Gasteiger charge is 2.17. The van der Waals surface area contributed by atoms with Gasteiger partial charge in [0.1, 0.15) is 6.04 Å². The van der Waals surface area contributed by atoms with Crippen molar-refractivity contribution in [2.75, 3.05) is 0 Å². The molecule has 0 saturated heterocycles. The molecule has 0 aromatic heterocycles. The number of carbonyl (C=O) groups excluding carboxylic acids is 3. The molecule has 1 atom stereocenters. The Bertz CT molecular complexity index is 227. The minimum absolute atomic E-state index is 0.00578. The number of nitrogens with two attached hydrogens (primary N) is 2. The van der Waals surface area contributed by atoms with Crippen molar-refractivity contribution < 1.29 is 19.1 Å². The van der Waals surface area contributed by atoms with Crippen molar-refractivity contribution in [3.05, 3.63) is 0 Å². The van der Waals surface area contributed by atoms with E-state index in [1.54, 1.807) is 0 Å². The number of primary amides is 1. The van der Waals surface area contributed by atoms with Gasteiger partial charge in [0.2, 0.25) is 5.91 Å². The van der Waals surface area contributed by atoms with Crippen LogP contribution in [0.1, 0.15) is 19.8 Å². The fraction of sp³-hybridized carbons (Fsp3) is 0.571. The molecule has 74 valence electrons. The monoisotopic (exact) mass is 188 g/mol. The molecule has 0 spiro atoms. The van der Waals surface area contributed by atoms with Crippen molar-refractivity contribution in [2.45, 2.75) is 25.8 Å². The highest BCUT2D eigenvalue weighted by molar-refractivity contribution is 5.87. The van der Waals surface area contributed by atoms with Gasteiger partial charge in [-0.25, -0.2) is 4.79 Å². The Morgan fingerprint density at radius 3 is 2.31 bits per heavy atom. The van der Waals surface area contributed by atoms with E-state index in [0.29, 0.717) is 0 Å². The molecule has 0 aromatic rings. The third-order valence-electron chi connectivity index (χ3n) is 1.25. The van der Waals surface area contributed by atoms with Crippen LogP contribution in [-0.2, 0) is 19.1 Å². The van der Waals surface area contributed by atoms with E-state index in [4.69, 9.17) is 11.5 Å². The molecule has 0 aliphatic heterocycles. The fourth-order valence-electron chi connectivity index (χ4n) is 0.633. The second-order valence-corrected chi connectivity index (χ2v) is 2.52. The van der Waals surface area contributed by atoms with Crippen molar-refractivity contribution >= 4 is 17.8 Å². The number of rotatable bonds is 4. The average molecular weight is 188 g/mol. The number of ether oxygens (including phenoxy) is 1. The zero-order valence-electron chi connectivity index (χ0n) is 7.28. The third-order valence-corrected chi connectivity index (χ3v) is 1.25. The van der Waals surface area contributed by atoms with Gasteiger partial charge in [-0.05, 0) is 6.42 Å². The Hall–Kier alpha value is -1.43. The van der Waals surface area contributed by atoms with Crippen molar-refractivity contribution in [2.24, 2.45) is 11.5 Å². The molecule has 6 nitrogen and oxygen atoms in total. The van der Waals surface area contributed by atoms with Crippen molar-refractivity contribution in [1.29, 1.82) is 0 Å². The van der Waals surface area contributed by atoms with E-state index >= 15 is 0 Å². The van der Waals surface area contributed by atoms with Crippen LogP contribution >= 0.6 is 0 Å². The number of carbonyl (C=O) groups is 3. The normalized spacial score (nSPS) is 11.8. The molecule has 0 unspecified atom stereocenters. The first-order chi connectivity index (χ1) is 5.93. The van der Waals surface area contributed by atoms with Crippen LogP contribution in [0.15, 0.2) is 0 Å². The average Bonchev–Trinajstić information content (AvgIpc) is 1.98. The molecule has 0 aliphatic rings. The summed E-state index contributed by atoms with van der Waals surface area (Å²) in [7, 11) is 0. The summed E-state index contributed by atoms with van der Waals surface area (Å²) in [5, 5.41) is 0. The van der Waals surface area contributed by atoms with E-state index in [1.807, 2.05) is 0 Å². The van der Waals surface area contributed by atoms with Gasteiger partial charge < -0.3 is 16.2 Å². The van der Waals surface area contributed by atoms with E-state index < -0.39 is 23.9 Å². The maximum absolute atomic E-state index is 10.8. The molecular formula is C7H12N2O4. The zero-order valence-corrected chi connectivity index (χ0v) is 7.28. The second kappa shape index (κ2) is 5.26. The summed E-state index contributed by atoms with van der Waals surface area (Å²) in [5.41, 5.74) is 10.1. The lowest BCUT2D eigenvalue weighted by Gasteiger charge is -2.07. The molecule has 13 heavy (non-hydrogen) atoms. The Kier molecular flexibility index (Phi) is 4.68. The van der Waals surface area contributed by atoms with E-state index in [0.717, 1.165) is 6.92 Å². The number of hydrogen-bond donors (Lipinski definition) is 2. The summed E-state index contributed by atoms with van der Waals surface area (Å²) < 4.78 is 4.19. The molecule has 6 heteroatoms. The maximum atomic E-state index is 10.8. The standard InChI is InChI=1S/C7H12N2O4/c1-4(10)13-7(12)5(8)2-3-6(9)11/h5H,2-3,8H2,1H3,(H2,9,11)/t5-/m0/s1. The molecular weight excluding hydrogens is 176 g/mol. The summed E-state index contributed by atoms with van der Waals surface area (Å²) in [6, 6.07) is -0.976. The zero-order chi connectivity index (χ0) is 10.4. The van der Waals surface area contributed by atoms with Gasteiger partial charge in [-0.15, -0.1) is 0 Å². The van der Waals surface area contributed by atoms with Crippen LogP contribution in [0, 0.1) is 0 Å². The quantitative estimate of drug-likeness (QED) is 0.419. The minimum atomic E-state index is -0.976. The first-order valence-electron chi connectivity index (χ1n) is 3.69. The van der Waals surface area contributed by atoms with Gasteiger partial charge in [0.25, 0.3) is 0 Å². The van der Waals surface area contributed by atoms with Crippen LogP contribution in [-0.4, -0.2) is 23.9 Å². The number of esters is 2. The molecule has 0 aromatic carbocycles. The van der Waals surface area contributed by atoms with Gasteiger partial charge >= 0.3 is 11.9 Å². The van der Waals surface area contributed by atoms with Crippen LogP contribution in [0.4, 0.5) is 0 Å². The lowest BCUT2D eigenvalue weighted by Crippen LogP contribution is -2.34. The SMILES string of the molecule is CC(=O)OC(=O)[C@@H](N)CCC(N)=O. The van der Waals surface area contributed by atoms with E-state index in [9.17, 15) is 14.4 Å². The highest BCUT2D eigenvalue weighted by atomic mass is 16.6. The van der Waals surface area contributed by atoms with E-state index in [-0.39, 0.29) is 12.8 Å². The Morgan fingerprint density at radius 1 is 1.38 bits per heavy atom. The van der Waals surface area contributed by atoms with E-state index in [1.165, 1.54) is 0 Å². The van der Waals surface area contributed by atoms with Gasteiger partial charge in [0.15, 0.2) is 0 Å². The molecule has 0 heterocycles. The topological polar surface area (TPSA) is 112 Å². The third kappa shape index (κ3) is 5.80. The smallest absolute Gasteiger partial charge is 0.330 e. The lowest BCUT2D eigenvalue weighted by atomic mass is 10.1. The van der Waals surface area contributed by atoms with E-state index in [2.05, 4.69) is 4.74 Å². The first kappa shape index (κ1) is 11.6. The number of hydrogen-bond acceptors (Lipinski definition) is 5. The van der Waals surface area contributed by atoms with Gasteiger partial charge in [-0.1, -0.05) is 0 Å². The molecule has 0 radical (unpaired) electrons. The second-order valence-electron chi connectivity index (χ2n) is 2.52. The van der Waals surface area contributed by atoms with Crippen LogP contribution in [0.25, 0.3) is 0 Å².